The Hall–Kier alpha value is -1.27. The number of esters is 1. The van der Waals surface area contributed by atoms with Crippen LogP contribution in [0.2, 0.25) is 0 Å². The average Bonchev–Trinajstić information content (AvgIpc) is 3.19. The van der Waals surface area contributed by atoms with Crippen LogP contribution in [0.25, 0.3) is 0 Å². The summed E-state index contributed by atoms with van der Waals surface area (Å²) in [7, 11) is 0. The molecule has 1 fully saturated rings. The van der Waals surface area contributed by atoms with Gasteiger partial charge >= 0.3 is 5.97 Å². The summed E-state index contributed by atoms with van der Waals surface area (Å²) >= 11 is 11.3. The number of ether oxygens (including phenoxy) is 1. The summed E-state index contributed by atoms with van der Waals surface area (Å²) < 4.78 is 58.6. The smallest absolute Gasteiger partial charge is 0.310 e. The zero-order chi connectivity index (χ0) is 18.9. The number of hydrogen-bond acceptors (Lipinski definition) is 2. The number of carbonyl (C=O) groups is 1. The fourth-order valence-corrected chi connectivity index (χ4v) is 3.72. The molecule has 1 aliphatic carbocycles. The van der Waals surface area contributed by atoms with E-state index in [1.807, 2.05) is 13.8 Å². The molecule has 2 nitrogen and oxygen atoms in total. The van der Waals surface area contributed by atoms with E-state index in [-0.39, 0.29) is 16.5 Å². The summed E-state index contributed by atoms with van der Waals surface area (Å²) in [5.74, 6) is -7.84. The monoisotopic (exact) mass is 398 g/mol. The van der Waals surface area contributed by atoms with Crippen LogP contribution >= 0.6 is 23.2 Å². The van der Waals surface area contributed by atoms with Crippen LogP contribution in [0, 0.1) is 40.5 Å². The lowest BCUT2D eigenvalue weighted by molar-refractivity contribution is -0.148. The molecule has 1 saturated carbocycles. The van der Waals surface area contributed by atoms with Gasteiger partial charge in [0.1, 0.15) is 11.1 Å². The van der Waals surface area contributed by atoms with Crippen LogP contribution in [-0.2, 0) is 16.1 Å². The second-order valence-electron chi connectivity index (χ2n) is 5.95. The van der Waals surface area contributed by atoms with Crippen molar-refractivity contribution in [3.63, 3.8) is 0 Å². The summed E-state index contributed by atoms with van der Waals surface area (Å²) in [6.45, 7) is 2.87. The highest BCUT2D eigenvalue weighted by atomic mass is 35.5. The summed E-state index contributed by atoms with van der Waals surface area (Å²) in [5.41, 5.74) is -1.37. The zero-order valence-electron chi connectivity index (χ0n) is 13.5. The molecular formula is C17H16Cl2F4O2. The zero-order valence-corrected chi connectivity index (χ0v) is 15.0. The predicted octanol–water partition coefficient (Wildman–Crippen LogP) is 5.66. The molecule has 0 amide bonds. The summed E-state index contributed by atoms with van der Waals surface area (Å²) in [6, 6.07) is 0.0966. The summed E-state index contributed by atoms with van der Waals surface area (Å²) in [4.78, 5) is 12.3. The van der Waals surface area contributed by atoms with Crippen molar-refractivity contribution in [1.82, 2.24) is 0 Å². The van der Waals surface area contributed by atoms with Crippen molar-refractivity contribution in [1.29, 1.82) is 0 Å². The Morgan fingerprint density at radius 1 is 1.16 bits per heavy atom. The van der Waals surface area contributed by atoms with Gasteiger partial charge in [0.05, 0.1) is 11.5 Å². The summed E-state index contributed by atoms with van der Waals surface area (Å²) in [5, 5.41) is 0. The molecule has 0 radical (unpaired) electrons. The first kappa shape index (κ1) is 20.0. The van der Waals surface area contributed by atoms with Gasteiger partial charge in [-0.25, -0.2) is 17.6 Å². The van der Waals surface area contributed by atoms with Gasteiger partial charge in [0.2, 0.25) is 0 Å². The van der Waals surface area contributed by atoms with Gasteiger partial charge in [-0.15, -0.1) is 0 Å². The van der Waals surface area contributed by atoms with Crippen molar-refractivity contribution in [2.45, 2.75) is 33.3 Å². The van der Waals surface area contributed by atoms with Crippen LogP contribution in [-0.4, -0.2) is 5.97 Å². The fraction of sp³-hybridized carbons (Fsp3) is 0.471. The predicted molar refractivity (Wildman–Crippen MR) is 85.9 cm³/mol. The molecule has 1 aliphatic rings. The molecule has 0 unspecified atom stereocenters. The standard InChI is InChI=1S/C17H16Cl2F4O2/c1-3-17(4-2)9(5-12(18)19)13(17)16(24)25-7-8-14(22)10(20)6-11(21)15(8)23/h5-6,9,13H,3-4,7H2,1-2H3/t9-,13+/m1/s1. The molecule has 138 valence electrons. The molecule has 0 saturated heterocycles. The van der Waals surface area contributed by atoms with Crippen molar-refractivity contribution in [3.8, 4) is 0 Å². The van der Waals surface area contributed by atoms with Crippen molar-refractivity contribution in [2.24, 2.45) is 17.3 Å². The molecule has 25 heavy (non-hydrogen) atoms. The van der Waals surface area contributed by atoms with Crippen LogP contribution in [0.1, 0.15) is 32.3 Å². The van der Waals surface area contributed by atoms with Crippen LogP contribution in [0.3, 0.4) is 0 Å². The molecule has 1 aromatic rings. The third kappa shape index (κ3) is 3.65. The van der Waals surface area contributed by atoms with Crippen molar-refractivity contribution in [3.05, 3.63) is 45.5 Å². The Bertz CT molecular complexity index is 687. The van der Waals surface area contributed by atoms with E-state index in [0.29, 0.717) is 12.8 Å². The largest absolute Gasteiger partial charge is 0.460 e. The first-order valence-electron chi connectivity index (χ1n) is 7.70. The normalized spacial score (nSPS) is 21.0. The van der Waals surface area contributed by atoms with Crippen LogP contribution < -0.4 is 0 Å². The van der Waals surface area contributed by atoms with Gasteiger partial charge in [0.25, 0.3) is 0 Å². The third-order valence-electron chi connectivity index (χ3n) is 4.97. The molecule has 0 aromatic heterocycles. The lowest BCUT2D eigenvalue weighted by Crippen LogP contribution is -2.15. The molecular weight excluding hydrogens is 383 g/mol. The van der Waals surface area contributed by atoms with Gasteiger partial charge in [-0.05, 0) is 30.3 Å². The van der Waals surface area contributed by atoms with Gasteiger partial charge in [0.15, 0.2) is 23.3 Å². The first-order valence-corrected chi connectivity index (χ1v) is 8.46. The Labute approximate surface area is 152 Å². The van der Waals surface area contributed by atoms with E-state index in [2.05, 4.69) is 0 Å². The highest BCUT2D eigenvalue weighted by Crippen LogP contribution is 2.65. The third-order valence-corrected chi connectivity index (χ3v) is 5.22. The van der Waals surface area contributed by atoms with Crippen molar-refractivity contribution in [2.75, 3.05) is 0 Å². The van der Waals surface area contributed by atoms with Crippen LogP contribution in [0.15, 0.2) is 16.6 Å². The SMILES string of the molecule is CCC1(CC)[C@H](C=C(Cl)Cl)[C@H]1C(=O)OCc1c(F)c(F)cc(F)c1F. The number of benzene rings is 1. The van der Waals surface area contributed by atoms with E-state index < -0.39 is 52.7 Å². The molecule has 0 bridgehead atoms. The number of allylic oxidation sites excluding steroid dienone is 1. The van der Waals surface area contributed by atoms with Gasteiger partial charge in [0, 0.05) is 6.07 Å². The molecule has 0 spiro atoms. The maximum atomic E-state index is 13.6. The number of hydrogen-bond donors (Lipinski definition) is 0. The van der Waals surface area contributed by atoms with E-state index in [4.69, 9.17) is 27.9 Å². The summed E-state index contributed by atoms with van der Waals surface area (Å²) in [6.07, 6.45) is 2.82. The topological polar surface area (TPSA) is 26.3 Å². The number of rotatable bonds is 6. The minimum Gasteiger partial charge on any atom is -0.460 e. The quantitative estimate of drug-likeness (QED) is 0.351. The Morgan fingerprint density at radius 3 is 2.12 bits per heavy atom. The van der Waals surface area contributed by atoms with Gasteiger partial charge < -0.3 is 4.74 Å². The molecule has 1 aromatic carbocycles. The second kappa shape index (κ2) is 7.54. The number of carbonyl (C=O) groups excluding carboxylic acids is 1. The van der Waals surface area contributed by atoms with Crippen molar-refractivity contribution < 1.29 is 27.1 Å². The molecule has 0 N–H and O–H groups in total. The van der Waals surface area contributed by atoms with Crippen LogP contribution in [0.4, 0.5) is 17.6 Å². The molecule has 2 rings (SSSR count). The highest BCUT2D eigenvalue weighted by molar-refractivity contribution is 6.55. The molecule has 8 heteroatoms. The first-order chi connectivity index (χ1) is 11.7. The maximum Gasteiger partial charge on any atom is 0.310 e. The Balaban J connectivity index is 2.17. The fourth-order valence-electron chi connectivity index (χ4n) is 3.45. The lowest BCUT2D eigenvalue weighted by atomic mass is 9.95. The minimum atomic E-state index is -1.58. The van der Waals surface area contributed by atoms with E-state index in [0.717, 1.165) is 0 Å². The molecule has 0 heterocycles. The molecule has 0 aliphatic heterocycles. The van der Waals surface area contributed by atoms with Crippen molar-refractivity contribution >= 4 is 29.2 Å². The Kier molecular flexibility index (Phi) is 6.05. The van der Waals surface area contributed by atoms with Gasteiger partial charge in [-0.3, -0.25) is 4.79 Å². The molecule has 2 atom stereocenters. The number of halogens is 6. The Morgan fingerprint density at radius 2 is 1.68 bits per heavy atom. The maximum absolute atomic E-state index is 13.6. The van der Waals surface area contributed by atoms with E-state index >= 15 is 0 Å². The lowest BCUT2D eigenvalue weighted by Gasteiger charge is -2.12. The highest BCUT2D eigenvalue weighted by Gasteiger charge is 2.65. The van der Waals surface area contributed by atoms with Crippen LogP contribution in [0.5, 0.6) is 0 Å². The van der Waals surface area contributed by atoms with Gasteiger partial charge in [-0.1, -0.05) is 37.0 Å². The minimum absolute atomic E-state index is 0.0101. The van der Waals surface area contributed by atoms with E-state index in [9.17, 15) is 22.4 Å². The van der Waals surface area contributed by atoms with Gasteiger partial charge in [-0.2, -0.15) is 0 Å². The van der Waals surface area contributed by atoms with E-state index in [1.54, 1.807) is 0 Å². The average molecular weight is 399 g/mol. The second-order valence-corrected chi connectivity index (χ2v) is 6.96. The van der Waals surface area contributed by atoms with E-state index in [1.165, 1.54) is 6.08 Å².